The Morgan fingerprint density at radius 2 is 2.05 bits per heavy atom. The van der Waals surface area contributed by atoms with E-state index < -0.39 is 11.6 Å². The highest BCUT2D eigenvalue weighted by Gasteiger charge is 2.22. The summed E-state index contributed by atoms with van der Waals surface area (Å²) in [6.45, 7) is 0.867. The summed E-state index contributed by atoms with van der Waals surface area (Å²) in [5.74, 6) is 0.0629. The van der Waals surface area contributed by atoms with Crippen molar-refractivity contribution in [2.75, 3.05) is 6.54 Å². The Balaban J connectivity index is 1.54. The van der Waals surface area contributed by atoms with Crippen LogP contribution in [0.5, 0.6) is 5.75 Å². The van der Waals surface area contributed by atoms with Crippen molar-refractivity contribution < 1.29 is 13.5 Å². The van der Waals surface area contributed by atoms with Crippen LogP contribution in [0.25, 0.3) is 0 Å². The molecule has 0 bridgehead atoms. The van der Waals surface area contributed by atoms with Crippen molar-refractivity contribution in [1.82, 2.24) is 5.32 Å². The first-order valence-electron chi connectivity index (χ1n) is 6.71. The normalized spacial score (nSPS) is 16.6. The van der Waals surface area contributed by atoms with E-state index in [1.807, 2.05) is 18.2 Å². The first-order valence-corrected chi connectivity index (χ1v) is 7.51. The van der Waals surface area contributed by atoms with Crippen molar-refractivity contribution in [3.63, 3.8) is 0 Å². The fourth-order valence-electron chi connectivity index (χ4n) is 2.45. The van der Waals surface area contributed by atoms with Gasteiger partial charge >= 0.3 is 0 Å². The lowest BCUT2D eigenvalue weighted by Gasteiger charge is -2.12. The minimum Gasteiger partial charge on any atom is -0.488 e. The van der Waals surface area contributed by atoms with E-state index in [4.69, 9.17) is 4.74 Å². The molecule has 2 nitrogen and oxygen atoms in total. The Bertz CT molecular complexity index is 663. The van der Waals surface area contributed by atoms with Gasteiger partial charge in [-0.25, -0.2) is 8.78 Å². The minimum absolute atomic E-state index is 0.0194. The van der Waals surface area contributed by atoms with E-state index in [2.05, 4.69) is 21.2 Å². The molecule has 1 aliphatic heterocycles. The lowest BCUT2D eigenvalue weighted by atomic mass is 10.1. The zero-order chi connectivity index (χ0) is 14.8. The third-order valence-electron chi connectivity index (χ3n) is 3.46. The monoisotopic (exact) mass is 353 g/mol. The molecule has 1 unspecified atom stereocenters. The largest absolute Gasteiger partial charge is 0.488 e. The fraction of sp³-hybridized carbons (Fsp3) is 0.250. The average molecular weight is 354 g/mol. The summed E-state index contributed by atoms with van der Waals surface area (Å²) in [6.07, 6.45) is 0.832. The van der Waals surface area contributed by atoms with Gasteiger partial charge in [0.1, 0.15) is 23.5 Å². The third kappa shape index (κ3) is 3.41. The summed E-state index contributed by atoms with van der Waals surface area (Å²) in [5, 5.41) is 3.12. The van der Waals surface area contributed by atoms with Crippen LogP contribution in [0.1, 0.15) is 11.1 Å². The first-order chi connectivity index (χ1) is 10.1. The van der Waals surface area contributed by atoms with Gasteiger partial charge in [-0.1, -0.05) is 15.9 Å². The Morgan fingerprint density at radius 1 is 1.19 bits per heavy atom. The molecule has 2 aromatic rings. The molecular formula is C16H14BrF2NO. The number of hydrogen-bond acceptors (Lipinski definition) is 2. The quantitative estimate of drug-likeness (QED) is 0.901. The van der Waals surface area contributed by atoms with Crippen molar-refractivity contribution in [2.24, 2.45) is 0 Å². The molecule has 0 radical (unpaired) electrons. The van der Waals surface area contributed by atoms with Gasteiger partial charge in [0.05, 0.1) is 0 Å². The van der Waals surface area contributed by atoms with Crippen LogP contribution in [0, 0.1) is 11.6 Å². The van der Waals surface area contributed by atoms with Crippen LogP contribution in [0.2, 0.25) is 0 Å². The SMILES string of the molecule is Fc1ccc(F)c(CNCC2Cc3cc(Br)ccc3O2)c1. The van der Waals surface area contributed by atoms with E-state index in [-0.39, 0.29) is 12.6 Å². The Labute approximate surface area is 130 Å². The van der Waals surface area contributed by atoms with Crippen molar-refractivity contribution in [2.45, 2.75) is 19.1 Å². The van der Waals surface area contributed by atoms with E-state index in [0.717, 1.165) is 34.3 Å². The third-order valence-corrected chi connectivity index (χ3v) is 3.95. The molecule has 0 aromatic heterocycles. The molecule has 0 spiro atoms. The Kier molecular flexibility index (Phi) is 4.22. The molecule has 0 amide bonds. The maximum Gasteiger partial charge on any atom is 0.127 e. The molecule has 0 saturated carbocycles. The number of rotatable bonds is 4. The summed E-state index contributed by atoms with van der Waals surface area (Å²) in [6, 6.07) is 9.40. The van der Waals surface area contributed by atoms with Crippen LogP contribution in [-0.2, 0) is 13.0 Å². The molecule has 0 aliphatic carbocycles. The minimum atomic E-state index is -0.428. The number of ether oxygens (including phenoxy) is 1. The smallest absolute Gasteiger partial charge is 0.127 e. The molecule has 0 fully saturated rings. The predicted molar refractivity (Wildman–Crippen MR) is 80.3 cm³/mol. The second kappa shape index (κ2) is 6.12. The molecule has 1 atom stereocenters. The summed E-state index contributed by atoms with van der Waals surface area (Å²) in [4.78, 5) is 0. The summed E-state index contributed by atoms with van der Waals surface area (Å²) < 4.78 is 33.4. The Hall–Kier alpha value is -1.46. The number of fused-ring (bicyclic) bond motifs is 1. The molecule has 1 aliphatic rings. The van der Waals surface area contributed by atoms with Gasteiger partial charge in [-0.15, -0.1) is 0 Å². The number of hydrogen-bond donors (Lipinski definition) is 1. The molecule has 3 rings (SSSR count). The summed E-state index contributed by atoms with van der Waals surface area (Å²) in [5.41, 5.74) is 1.49. The Morgan fingerprint density at radius 3 is 2.90 bits per heavy atom. The van der Waals surface area contributed by atoms with E-state index in [0.29, 0.717) is 12.1 Å². The second-order valence-electron chi connectivity index (χ2n) is 5.06. The van der Waals surface area contributed by atoms with E-state index >= 15 is 0 Å². The van der Waals surface area contributed by atoms with Crippen LogP contribution in [0.4, 0.5) is 8.78 Å². The molecule has 21 heavy (non-hydrogen) atoms. The number of nitrogens with one attached hydrogen (secondary N) is 1. The lowest BCUT2D eigenvalue weighted by molar-refractivity contribution is 0.227. The van der Waals surface area contributed by atoms with Gasteiger partial charge < -0.3 is 10.1 Å². The first kappa shape index (κ1) is 14.5. The molecule has 0 saturated heterocycles. The zero-order valence-corrected chi connectivity index (χ0v) is 12.8. The van der Waals surface area contributed by atoms with Gasteiger partial charge in [0.25, 0.3) is 0 Å². The maximum atomic E-state index is 13.5. The van der Waals surface area contributed by atoms with Crippen LogP contribution in [0.15, 0.2) is 40.9 Å². The average Bonchev–Trinajstić information content (AvgIpc) is 2.84. The highest BCUT2D eigenvalue weighted by atomic mass is 79.9. The molecular weight excluding hydrogens is 340 g/mol. The van der Waals surface area contributed by atoms with Crippen molar-refractivity contribution >= 4 is 15.9 Å². The molecule has 1 N–H and O–H groups in total. The fourth-order valence-corrected chi connectivity index (χ4v) is 2.86. The van der Waals surface area contributed by atoms with E-state index in [1.54, 1.807) is 0 Å². The zero-order valence-electron chi connectivity index (χ0n) is 11.2. The second-order valence-corrected chi connectivity index (χ2v) is 5.98. The topological polar surface area (TPSA) is 21.3 Å². The van der Waals surface area contributed by atoms with Crippen molar-refractivity contribution in [3.05, 3.63) is 63.6 Å². The van der Waals surface area contributed by atoms with Gasteiger partial charge in [-0.05, 0) is 42.0 Å². The molecule has 110 valence electrons. The highest BCUT2D eigenvalue weighted by molar-refractivity contribution is 9.10. The highest BCUT2D eigenvalue weighted by Crippen LogP contribution is 2.30. The maximum absolute atomic E-state index is 13.5. The van der Waals surface area contributed by atoms with Crippen LogP contribution < -0.4 is 10.1 Å². The van der Waals surface area contributed by atoms with E-state index in [1.165, 1.54) is 6.07 Å². The van der Waals surface area contributed by atoms with Gasteiger partial charge in [-0.3, -0.25) is 0 Å². The number of benzene rings is 2. The van der Waals surface area contributed by atoms with Crippen LogP contribution in [-0.4, -0.2) is 12.6 Å². The molecule has 1 heterocycles. The summed E-state index contributed by atoms with van der Waals surface area (Å²) in [7, 11) is 0. The van der Waals surface area contributed by atoms with Crippen LogP contribution in [0.3, 0.4) is 0 Å². The molecule has 5 heteroatoms. The standard InChI is InChI=1S/C16H14BrF2NO/c17-12-1-4-16-10(5-12)7-14(21-16)9-20-8-11-6-13(18)2-3-15(11)19/h1-6,14,20H,7-9H2. The summed E-state index contributed by atoms with van der Waals surface area (Å²) >= 11 is 3.43. The van der Waals surface area contributed by atoms with Crippen molar-refractivity contribution in [1.29, 1.82) is 0 Å². The van der Waals surface area contributed by atoms with Gasteiger partial charge in [-0.2, -0.15) is 0 Å². The predicted octanol–water partition coefficient (Wildman–Crippen LogP) is 3.82. The van der Waals surface area contributed by atoms with Gasteiger partial charge in [0.15, 0.2) is 0 Å². The molecule has 2 aromatic carbocycles. The van der Waals surface area contributed by atoms with E-state index in [9.17, 15) is 8.78 Å². The number of halogens is 3. The van der Waals surface area contributed by atoms with Crippen LogP contribution >= 0.6 is 15.9 Å². The lowest BCUT2D eigenvalue weighted by Crippen LogP contribution is -2.30. The van der Waals surface area contributed by atoms with Crippen molar-refractivity contribution in [3.8, 4) is 5.75 Å². The van der Waals surface area contributed by atoms with Gasteiger partial charge in [0.2, 0.25) is 0 Å². The van der Waals surface area contributed by atoms with Gasteiger partial charge in [0, 0.05) is 29.5 Å².